The molecule has 0 spiro atoms. The summed E-state index contributed by atoms with van der Waals surface area (Å²) in [6, 6.07) is 9.69. The first-order valence-electron chi connectivity index (χ1n) is 5.58. The van der Waals surface area contributed by atoms with E-state index in [4.69, 9.17) is 4.74 Å². The lowest BCUT2D eigenvalue weighted by atomic mass is 10.2. The van der Waals surface area contributed by atoms with E-state index >= 15 is 0 Å². The molecule has 4 nitrogen and oxygen atoms in total. The number of hydrazine groups is 1. The van der Waals surface area contributed by atoms with Gasteiger partial charge in [0.05, 0.1) is 0 Å². The summed E-state index contributed by atoms with van der Waals surface area (Å²) in [4.78, 5) is 11.6. The zero-order valence-electron chi connectivity index (χ0n) is 9.19. The minimum absolute atomic E-state index is 0.288. The van der Waals surface area contributed by atoms with Crippen LogP contribution < -0.4 is 5.43 Å². The number of nitrogens with one attached hydrogen (secondary N) is 1. The van der Waals surface area contributed by atoms with Crippen LogP contribution >= 0.6 is 0 Å². The Balaban J connectivity index is 1.79. The predicted octanol–water partition coefficient (Wildman–Crippen LogP) is 1.92. The third kappa shape index (κ3) is 2.97. The summed E-state index contributed by atoms with van der Waals surface area (Å²) < 4.78 is 5.19. The molecule has 0 radical (unpaired) electrons. The van der Waals surface area contributed by atoms with Crippen molar-refractivity contribution in [2.45, 2.75) is 19.4 Å². The summed E-state index contributed by atoms with van der Waals surface area (Å²) in [5.74, 6) is 0. The molecule has 0 atom stereocenters. The van der Waals surface area contributed by atoms with Crippen molar-refractivity contribution in [3.63, 3.8) is 0 Å². The smallest absolute Gasteiger partial charge is 0.424 e. The van der Waals surface area contributed by atoms with Gasteiger partial charge in [-0.05, 0) is 18.4 Å². The van der Waals surface area contributed by atoms with Gasteiger partial charge in [-0.1, -0.05) is 30.3 Å². The summed E-state index contributed by atoms with van der Waals surface area (Å²) in [7, 11) is 0. The van der Waals surface area contributed by atoms with E-state index in [-0.39, 0.29) is 6.09 Å². The molecule has 2 rings (SSSR count). The molecule has 1 heterocycles. The summed E-state index contributed by atoms with van der Waals surface area (Å²) >= 11 is 0. The van der Waals surface area contributed by atoms with E-state index in [1.807, 2.05) is 30.3 Å². The van der Waals surface area contributed by atoms with Gasteiger partial charge in [0.2, 0.25) is 0 Å². The minimum atomic E-state index is -0.288. The van der Waals surface area contributed by atoms with E-state index in [2.05, 4.69) is 5.43 Å². The molecule has 0 aliphatic carbocycles. The quantitative estimate of drug-likeness (QED) is 0.828. The number of amides is 1. The van der Waals surface area contributed by atoms with E-state index in [1.54, 1.807) is 5.01 Å². The molecule has 4 heteroatoms. The lowest BCUT2D eigenvalue weighted by Crippen LogP contribution is -2.47. The number of benzene rings is 1. The van der Waals surface area contributed by atoms with E-state index in [0.717, 1.165) is 31.5 Å². The summed E-state index contributed by atoms with van der Waals surface area (Å²) in [6.07, 6.45) is 1.86. The van der Waals surface area contributed by atoms with Crippen LogP contribution in [0.4, 0.5) is 4.79 Å². The molecule has 86 valence electrons. The Morgan fingerprint density at radius 2 is 2.12 bits per heavy atom. The van der Waals surface area contributed by atoms with Gasteiger partial charge in [-0.25, -0.2) is 15.2 Å². The number of ether oxygens (including phenoxy) is 1. The van der Waals surface area contributed by atoms with Crippen LogP contribution in [0.15, 0.2) is 30.3 Å². The van der Waals surface area contributed by atoms with Gasteiger partial charge < -0.3 is 4.74 Å². The van der Waals surface area contributed by atoms with E-state index in [9.17, 15) is 4.79 Å². The van der Waals surface area contributed by atoms with Gasteiger partial charge in [0, 0.05) is 13.1 Å². The summed E-state index contributed by atoms with van der Waals surface area (Å²) in [6.45, 7) is 1.91. The second-order valence-electron chi connectivity index (χ2n) is 3.81. The molecule has 1 fully saturated rings. The van der Waals surface area contributed by atoms with Crippen LogP contribution in [0, 0.1) is 0 Å². The highest BCUT2D eigenvalue weighted by Crippen LogP contribution is 2.05. The van der Waals surface area contributed by atoms with Crippen molar-refractivity contribution in [2.24, 2.45) is 0 Å². The molecule has 1 aromatic carbocycles. The third-order valence-corrected chi connectivity index (χ3v) is 2.54. The highest BCUT2D eigenvalue weighted by molar-refractivity contribution is 5.67. The van der Waals surface area contributed by atoms with Crippen molar-refractivity contribution in [3.8, 4) is 0 Å². The highest BCUT2D eigenvalue weighted by Gasteiger charge is 2.16. The monoisotopic (exact) mass is 220 g/mol. The maximum absolute atomic E-state index is 11.6. The predicted molar refractivity (Wildman–Crippen MR) is 60.6 cm³/mol. The molecule has 0 saturated carbocycles. The van der Waals surface area contributed by atoms with Crippen molar-refractivity contribution in [2.75, 3.05) is 13.1 Å². The van der Waals surface area contributed by atoms with Crippen molar-refractivity contribution < 1.29 is 9.53 Å². The standard InChI is InChI=1S/C12H16N2O2/c15-12(14-9-5-4-8-13-14)16-10-11-6-2-1-3-7-11/h1-3,6-7,13H,4-5,8-10H2. The highest BCUT2D eigenvalue weighted by atomic mass is 16.6. The maximum atomic E-state index is 11.6. The lowest BCUT2D eigenvalue weighted by Gasteiger charge is -2.26. The molecular formula is C12H16N2O2. The molecule has 16 heavy (non-hydrogen) atoms. The first-order chi connectivity index (χ1) is 7.86. The molecule has 1 aliphatic heterocycles. The Bertz CT molecular complexity index is 334. The van der Waals surface area contributed by atoms with Crippen LogP contribution in [0.25, 0.3) is 0 Å². The average Bonchev–Trinajstić information content (AvgIpc) is 2.38. The topological polar surface area (TPSA) is 41.6 Å². The Kier molecular flexibility index (Phi) is 3.77. The Morgan fingerprint density at radius 3 is 2.81 bits per heavy atom. The van der Waals surface area contributed by atoms with Crippen LogP contribution in [-0.4, -0.2) is 24.2 Å². The molecular weight excluding hydrogens is 204 g/mol. The number of hydrogen-bond acceptors (Lipinski definition) is 3. The molecule has 0 unspecified atom stereocenters. The lowest BCUT2D eigenvalue weighted by molar-refractivity contribution is 0.0679. The fraction of sp³-hybridized carbons (Fsp3) is 0.417. The largest absolute Gasteiger partial charge is 0.444 e. The molecule has 1 amide bonds. The van der Waals surface area contributed by atoms with Crippen molar-refractivity contribution in [1.82, 2.24) is 10.4 Å². The van der Waals surface area contributed by atoms with Gasteiger partial charge in [0.25, 0.3) is 0 Å². The number of rotatable bonds is 2. The van der Waals surface area contributed by atoms with Crippen LogP contribution in [0.5, 0.6) is 0 Å². The number of carbonyl (C=O) groups excluding carboxylic acids is 1. The van der Waals surface area contributed by atoms with Crippen molar-refractivity contribution in [3.05, 3.63) is 35.9 Å². The third-order valence-electron chi connectivity index (χ3n) is 2.54. The molecule has 0 bridgehead atoms. The Labute approximate surface area is 95.2 Å². The van der Waals surface area contributed by atoms with E-state index in [0.29, 0.717) is 6.61 Å². The molecule has 1 aromatic rings. The number of hydrogen-bond donors (Lipinski definition) is 1. The first-order valence-corrected chi connectivity index (χ1v) is 5.58. The second-order valence-corrected chi connectivity index (χ2v) is 3.81. The van der Waals surface area contributed by atoms with Crippen LogP contribution in [-0.2, 0) is 11.3 Å². The van der Waals surface area contributed by atoms with Crippen LogP contribution in [0.2, 0.25) is 0 Å². The molecule has 1 saturated heterocycles. The molecule has 1 aliphatic rings. The van der Waals surface area contributed by atoms with Gasteiger partial charge in [0.1, 0.15) is 6.61 Å². The van der Waals surface area contributed by atoms with Crippen molar-refractivity contribution in [1.29, 1.82) is 0 Å². The van der Waals surface area contributed by atoms with Gasteiger partial charge in [0.15, 0.2) is 0 Å². The molecule has 1 N–H and O–H groups in total. The SMILES string of the molecule is O=C(OCc1ccccc1)N1CCCCN1. The van der Waals surface area contributed by atoms with Gasteiger partial charge in [-0.3, -0.25) is 0 Å². The van der Waals surface area contributed by atoms with E-state index < -0.39 is 0 Å². The maximum Gasteiger partial charge on any atom is 0.424 e. The van der Waals surface area contributed by atoms with E-state index in [1.165, 1.54) is 0 Å². The Morgan fingerprint density at radius 1 is 1.31 bits per heavy atom. The zero-order chi connectivity index (χ0) is 11.2. The zero-order valence-corrected chi connectivity index (χ0v) is 9.19. The fourth-order valence-corrected chi connectivity index (χ4v) is 1.64. The average molecular weight is 220 g/mol. The second kappa shape index (κ2) is 5.51. The fourth-order valence-electron chi connectivity index (χ4n) is 1.64. The first kappa shape index (κ1) is 11.0. The Hall–Kier alpha value is -1.55. The van der Waals surface area contributed by atoms with Crippen molar-refractivity contribution >= 4 is 6.09 Å². The summed E-state index contributed by atoms with van der Waals surface area (Å²) in [5, 5.41) is 1.55. The summed E-state index contributed by atoms with van der Waals surface area (Å²) in [5.41, 5.74) is 4.02. The normalized spacial score (nSPS) is 15.9. The number of nitrogens with zero attached hydrogens (tertiary/aromatic N) is 1. The minimum Gasteiger partial charge on any atom is -0.444 e. The van der Waals surface area contributed by atoms with Crippen LogP contribution in [0.3, 0.4) is 0 Å². The van der Waals surface area contributed by atoms with Gasteiger partial charge in [-0.2, -0.15) is 0 Å². The number of carbonyl (C=O) groups is 1. The molecule has 0 aromatic heterocycles. The van der Waals surface area contributed by atoms with Crippen LogP contribution in [0.1, 0.15) is 18.4 Å². The van der Waals surface area contributed by atoms with Gasteiger partial charge >= 0.3 is 6.09 Å². The van der Waals surface area contributed by atoms with Gasteiger partial charge in [-0.15, -0.1) is 0 Å².